The van der Waals surface area contributed by atoms with E-state index in [1.807, 2.05) is 0 Å². The zero-order valence-corrected chi connectivity index (χ0v) is 48.1. The third-order valence-electron chi connectivity index (χ3n) is 12.7. The highest BCUT2D eigenvalue weighted by Gasteiger charge is 2.19. The Labute approximate surface area is 456 Å². The minimum atomic E-state index is -0.787. The van der Waals surface area contributed by atoms with Gasteiger partial charge in [-0.05, 0) is 116 Å². The summed E-state index contributed by atoms with van der Waals surface area (Å²) in [5.41, 5.74) is 0. The Morgan fingerprint density at radius 2 is 0.527 bits per heavy atom. The smallest absolute Gasteiger partial charge is 0.306 e. The Morgan fingerprint density at radius 1 is 0.284 bits per heavy atom. The molecular weight excluding hydrogens is 913 g/mol. The fraction of sp³-hybridized carbons (Fsp3) is 0.662. The minimum Gasteiger partial charge on any atom is -0.462 e. The van der Waals surface area contributed by atoms with Gasteiger partial charge in [0.25, 0.3) is 0 Å². The van der Waals surface area contributed by atoms with Crippen LogP contribution in [0.1, 0.15) is 271 Å². The molecule has 0 aliphatic rings. The van der Waals surface area contributed by atoms with Gasteiger partial charge in [-0.3, -0.25) is 14.4 Å². The van der Waals surface area contributed by atoms with E-state index in [4.69, 9.17) is 14.2 Å². The van der Waals surface area contributed by atoms with Crippen molar-refractivity contribution in [2.75, 3.05) is 13.2 Å². The molecule has 0 N–H and O–H groups in total. The van der Waals surface area contributed by atoms with E-state index in [-0.39, 0.29) is 31.1 Å². The summed E-state index contributed by atoms with van der Waals surface area (Å²) in [7, 11) is 0. The predicted molar refractivity (Wildman–Crippen MR) is 320 cm³/mol. The lowest BCUT2D eigenvalue weighted by Crippen LogP contribution is -2.30. The third-order valence-corrected chi connectivity index (χ3v) is 12.7. The summed E-state index contributed by atoms with van der Waals surface area (Å²) in [5, 5.41) is 0. The van der Waals surface area contributed by atoms with E-state index in [9.17, 15) is 14.4 Å². The van der Waals surface area contributed by atoms with Gasteiger partial charge >= 0.3 is 17.9 Å². The Morgan fingerprint density at radius 3 is 0.838 bits per heavy atom. The van der Waals surface area contributed by atoms with E-state index >= 15 is 0 Å². The molecule has 1 atom stereocenters. The van der Waals surface area contributed by atoms with Crippen LogP contribution in [0.15, 0.2) is 122 Å². The second-order valence-corrected chi connectivity index (χ2v) is 19.9. The van der Waals surface area contributed by atoms with Crippen LogP contribution >= 0.6 is 0 Å². The Kier molecular flexibility index (Phi) is 57.9. The van der Waals surface area contributed by atoms with Crippen molar-refractivity contribution in [2.24, 2.45) is 0 Å². The molecule has 0 aromatic rings. The average molecular weight is 1030 g/mol. The number of ether oxygens (including phenoxy) is 3. The molecule has 0 saturated heterocycles. The average Bonchev–Trinajstić information content (AvgIpc) is 3.40. The lowest BCUT2D eigenvalue weighted by molar-refractivity contribution is -0.167. The fourth-order valence-electron chi connectivity index (χ4n) is 8.13. The van der Waals surface area contributed by atoms with Crippen LogP contribution in [-0.4, -0.2) is 37.2 Å². The molecule has 0 aliphatic carbocycles. The summed E-state index contributed by atoms with van der Waals surface area (Å²) >= 11 is 0. The number of hydrogen-bond acceptors (Lipinski definition) is 6. The van der Waals surface area contributed by atoms with Crippen molar-refractivity contribution in [1.29, 1.82) is 0 Å². The second kappa shape index (κ2) is 61.4. The number of hydrogen-bond donors (Lipinski definition) is 0. The van der Waals surface area contributed by atoms with Crippen molar-refractivity contribution in [3.8, 4) is 0 Å². The van der Waals surface area contributed by atoms with Crippen LogP contribution in [0.2, 0.25) is 0 Å². The van der Waals surface area contributed by atoms with Crippen molar-refractivity contribution >= 4 is 17.9 Å². The highest BCUT2D eigenvalue weighted by Crippen LogP contribution is 2.14. The van der Waals surface area contributed by atoms with Gasteiger partial charge in [-0.1, -0.05) is 258 Å². The molecule has 0 rings (SSSR count). The maximum Gasteiger partial charge on any atom is 0.306 e. The number of carbonyl (C=O) groups excluding carboxylic acids is 3. The van der Waals surface area contributed by atoms with E-state index in [1.165, 1.54) is 89.9 Å². The molecule has 0 aromatic carbocycles. The second-order valence-electron chi connectivity index (χ2n) is 19.9. The summed E-state index contributed by atoms with van der Waals surface area (Å²) in [6.45, 7) is 6.42. The minimum absolute atomic E-state index is 0.0878. The molecule has 0 spiro atoms. The van der Waals surface area contributed by atoms with Crippen molar-refractivity contribution in [1.82, 2.24) is 0 Å². The van der Waals surface area contributed by atoms with Gasteiger partial charge in [-0.2, -0.15) is 0 Å². The van der Waals surface area contributed by atoms with Crippen molar-refractivity contribution in [3.63, 3.8) is 0 Å². The monoisotopic (exact) mass is 1020 g/mol. The molecule has 0 aromatic heterocycles. The predicted octanol–water partition coefficient (Wildman–Crippen LogP) is 20.8. The van der Waals surface area contributed by atoms with Gasteiger partial charge < -0.3 is 14.2 Å². The zero-order chi connectivity index (χ0) is 53.6. The van der Waals surface area contributed by atoms with E-state index in [2.05, 4.69) is 142 Å². The van der Waals surface area contributed by atoms with Gasteiger partial charge in [0.15, 0.2) is 6.10 Å². The van der Waals surface area contributed by atoms with Crippen LogP contribution in [0.4, 0.5) is 0 Å². The maximum atomic E-state index is 12.8. The summed E-state index contributed by atoms with van der Waals surface area (Å²) in [4.78, 5) is 37.8. The van der Waals surface area contributed by atoms with E-state index in [0.717, 1.165) is 141 Å². The van der Waals surface area contributed by atoms with Crippen molar-refractivity contribution < 1.29 is 28.6 Å². The van der Waals surface area contributed by atoms with Crippen LogP contribution in [0.5, 0.6) is 0 Å². The highest BCUT2D eigenvalue weighted by atomic mass is 16.6. The molecule has 6 heteroatoms. The number of allylic oxidation sites excluding steroid dienone is 20. The van der Waals surface area contributed by atoms with Crippen molar-refractivity contribution in [3.05, 3.63) is 122 Å². The summed E-state index contributed by atoms with van der Waals surface area (Å²) in [6.07, 6.45) is 85.3. The van der Waals surface area contributed by atoms with Crippen molar-refractivity contribution in [2.45, 2.75) is 277 Å². The highest BCUT2D eigenvalue weighted by molar-refractivity contribution is 5.71. The molecule has 0 radical (unpaired) electrons. The van der Waals surface area contributed by atoms with E-state index < -0.39 is 6.10 Å². The van der Waals surface area contributed by atoms with Crippen LogP contribution in [0, 0.1) is 0 Å². The van der Waals surface area contributed by atoms with Gasteiger partial charge in [0.05, 0.1) is 0 Å². The number of esters is 3. The quantitative estimate of drug-likeness (QED) is 0.0261. The molecule has 1 unspecified atom stereocenters. The lowest BCUT2D eigenvalue weighted by Gasteiger charge is -2.18. The van der Waals surface area contributed by atoms with Crippen LogP contribution in [0.3, 0.4) is 0 Å². The number of carbonyl (C=O) groups is 3. The van der Waals surface area contributed by atoms with E-state index in [1.54, 1.807) is 0 Å². The maximum absolute atomic E-state index is 12.8. The first-order chi connectivity index (χ1) is 36.5. The van der Waals surface area contributed by atoms with Crippen LogP contribution in [-0.2, 0) is 28.6 Å². The molecule has 6 nitrogen and oxygen atoms in total. The van der Waals surface area contributed by atoms with Gasteiger partial charge in [-0.25, -0.2) is 0 Å². The third kappa shape index (κ3) is 58.7. The Balaban J connectivity index is 4.13. The molecule has 0 saturated carbocycles. The number of rotatable bonds is 54. The molecule has 0 amide bonds. The van der Waals surface area contributed by atoms with Crippen LogP contribution < -0.4 is 0 Å². The number of unbranched alkanes of at least 4 members (excludes halogenated alkanes) is 23. The largest absolute Gasteiger partial charge is 0.462 e. The summed E-state index contributed by atoms with van der Waals surface area (Å²) < 4.78 is 16.7. The standard InChI is InChI=1S/C68H112O6/c1-4-7-10-13-15-17-19-21-23-25-27-28-29-30-31-32-33-34-35-36-37-38-39-40-41-43-44-46-48-50-52-55-58-61-67(70)73-64-65(63-72-66(69)60-57-54-12-9-6-3)74-68(71)62-59-56-53-51-49-47-45-42-26-24-22-20-18-16-14-11-8-5-2/h7,10,15,17,21,23-24,26-28,30-31,33-34,36-37,39-40,43-44,65H,4-6,8-9,11-14,16,18-20,22,25,29,32,35,38,41-42,45-64H2,1-3H3/b10-7-,17-15-,23-21-,26-24-,28-27-,31-30-,34-33-,37-36-,40-39-,44-43-. The van der Waals surface area contributed by atoms with Gasteiger partial charge in [0, 0.05) is 19.3 Å². The zero-order valence-electron chi connectivity index (χ0n) is 48.1. The van der Waals surface area contributed by atoms with Gasteiger partial charge in [-0.15, -0.1) is 0 Å². The first-order valence-electron chi connectivity index (χ1n) is 30.5. The SMILES string of the molecule is CC/C=C\C/C=C\C/C=C\C/C=C\C/C=C\C/C=C\C/C=C\C/C=C\C/C=C\CCCCCCCC(=O)OCC(COC(=O)CCCCCCC)OC(=O)CCCCCCCCC/C=C\CCCCCCCCC. The van der Waals surface area contributed by atoms with Gasteiger partial charge in [0.1, 0.15) is 13.2 Å². The van der Waals surface area contributed by atoms with Crippen LogP contribution in [0.25, 0.3) is 0 Å². The normalized spacial score (nSPS) is 13.0. The Hall–Kier alpha value is -4.19. The molecule has 0 bridgehead atoms. The molecule has 420 valence electrons. The van der Waals surface area contributed by atoms with E-state index in [0.29, 0.717) is 19.3 Å². The Bertz CT molecular complexity index is 1550. The molecule has 0 fully saturated rings. The topological polar surface area (TPSA) is 78.9 Å². The first-order valence-corrected chi connectivity index (χ1v) is 30.5. The molecule has 0 heterocycles. The summed E-state index contributed by atoms with van der Waals surface area (Å²) in [5.74, 6) is -0.926. The lowest BCUT2D eigenvalue weighted by atomic mass is 10.1. The van der Waals surface area contributed by atoms with Gasteiger partial charge in [0.2, 0.25) is 0 Å². The summed E-state index contributed by atoms with van der Waals surface area (Å²) in [6, 6.07) is 0. The molecule has 74 heavy (non-hydrogen) atoms. The fourth-order valence-corrected chi connectivity index (χ4v) is 8.13. The molecule has 0 aliphatic heterocycles. The first kappa shape index (κ1) is 69.8. The molecular formula is C68H112O6.